The number of amides is 2. The minimum Gasteiger partial charge on any atom is -0.469 e. The van der Waals surface area contributed by atoms with Crippen molar-refractivity contribution in [2.45, 2.75) is 13.3 Å². The van der Waals surface area contributed by atoms with Gasteiger partial charge in [0.05, 0.1) is 23.2 Å². The summed E-state index contributed by atoms with van der Waals surface area (Å²) in [5.74, 6) is -0.451. The van der Waals surface area contributed by atoms with Gasteiger partial charge < -0.3 is 15.1 Å². The molecule has 1 aromatic heterocycles. The van der Waals surface area contributed by atoms with E-state index in [0.29, 0.717) is 28.3 Å². The molecule has 0 saturated carbocycles. The van der Waals surface area contributed by atoms with E-state index in [-0.39, 0.29) is 18.1 Å². The van der Waals surface area contributed by atoms with Crippen LogP contribution >= 0.6 is 0 Å². The van der Waals surface area contributed by atoms with Crippen LogP contribution in [-0.2, 0) is 9.59 Å². The minimum absolute atomic E-state index is 0.200. The maximum absolute atomic E-state index is 12.4. The average molecular weight is 284 g/mol. The molecule has 0 saturated heterocycles. The van der Waals surface area contributed by atoms with Crippen LogP contribution < -0.4 is 10.6 Å². The number of hydrogen-bond donors (Lipinski definition) is 2. The Kier molecular flexibility index (Phi) is 3.06. The summed E-state index contributed by atoms with van der Waals surface area (Å²) in [6.07, 6.45) is 1.22. The zero-order chi connectivity index (χ0) is 15.0. The number of hydrogen-bond acceptors (Lipinski definition) is 4. The first-order valence-electron chi connectivity index (χ1n) is 6.37. The topological polar surface area (TPSA) is 88.4 Å². The molecule has 2 heterocycles. The summed E-state index contributed by atoms with van der Waals surface area (Å²) in [7, 11) is 0. The summed E-state index contributed by atoms with van der Waals surface area (Å²) in [6, 6.07) is 6.35. The van der Waals surface area contributed by atoms with Gasteiger partial charge in [-0.2, -0.15) is 0 Å². The molecule has 2 aromatic rings. The number of rotatable bonds is 2. The first-order chi connectivity index (χ1) is 10.0. The van der Waals surface area contributed by atoms with Crippen LogP contribution in [0.2, 0.25) is 0 Å². The molecule has 1 aliphatic heterocycles. The lowest BCUT2D eigenvalue weighted by Crippen LogP contribution is -2.16. The molecule has 3 rings (SSSR count). The normalized spacial score (nSPS) is 14.0. The monoisotopic (exact) mass is 284 g/mol. The van der Waals surface area contributed by atoms with E-state index < -0.39 is 5.91 Å². The Labute approximate surface area is 120 Å². The number of benzene rings is 1. The first-order valence-corrected chi connectivity index (χ1v) is 6.37. The average Bonchev–Trinajstić information content (AvgIpc) is 2.79. The molecular formula is C15H12N2O4. The number of fused-ring (bicyclic) bond motifs is 1. The van der Waals surface area contributed by atoms with Crippen LogP contribution in [0.5, 0.6) is 0 Å². The fourth-order valence-corrected chi connectivity index (χ4v) is 2.21. The Bertz CT molecular complexity index is 761. The molecule has 2 amide bonds. The molecule has 1 aliphatic rings. The van der Waals surface area contributed by atoms with E-state index in [0.717, 1.165) is 0 Å². The SMILES string of the molecule is Cc1occc1C(=O)c1ccc2c(c1)NC(=O)CC(=O)N2. The molecule has 2 N–H and O–H groups in total. The summed E-state index contributed by atoms with van der Waals surface area (Å²) in [5, 5.41) is 5.22. The maximum Gasteiger partial charge on any atom is 0.233 e. The Morgan fingerprint density at radius 3 is 2.48 bits per heavy atom. The fraction of sp³-hybridized carbons (Fsp3) is 0.133. The van der Waals surface area contributed by atoms with Gasteiger partial charge in [0.25, 0.3) is 0 Å². The smallest absolute Gasteiger partial charge is 0.233 e. The summed E-state index contributed by atoms with van der Waals surface area (Å²) in [4.78, 5) is 35.4. The van der Waals surface area contributed by atoms with E-state index in [4.69, 9.17) is 4.42 Å². The molecule has 1 aromatic carbocycles. The summed E-state index contributed by atoms with van der Waals surface area (Å²) < 4.78 is 5.12. The van der Waals surface area contributed by atoms with Gasteiger partial charge in [0.1, 0.15) is 12.2 Å². The number of carbonyl (C=O) groups excluding carboxylic acids is 3. The predicted molar refractivity (Wildman–Crippen MR) is 75.2 cm³/mol. The van der Waals surface area contributed by atoms with Crippen molar-refractivity contribution in [1.82, 2.24) is 0 Å². The molecule has 0 atom stereocenters. The Morgan fingerprint density at radius 1 is 1.10 bits per heavy atom. The highest BCUT2D eigenvalue weighted by molar-refractivity contribution is 6.15. The zero-order valence-electron chi connectivity index (χ0n) is 11.2. The molecule has 0 aliphatic carbocycles. The van der Waals surface area contributed by atoms with Gasteiger partial charge in [0, 0.05) is 5.56 Å². The van der Waals surface area contributed by atoms with Crippen LogP contribution in [-0.4, -0.2) is 17.6 Å². The van der Waals surface area contributed by atoms with Gasteiger partial charge in [0.15, 0.2) is 5.78 Å². The molecule has 21 heavy (non-hydrogen) atoms. The Hall–Kier alpha value is -2.89. The van der Waals surface area contributed by atoms with Crippen molar-refractivity contribution in [3.63, 3.8) is 0 Å². The van der Waals surface area contributed by atoms with Crippen molar-refractivity contribution >= 4 is 29.0 Å². The number of ketones is 1. The number of carbonyl (C=O) groups is 3. The van der Waals surface area contributed by atoms with E-state index in [1.54, 1.807) is 31.2 Å². The highest BCUT2D eigenvalue weighted by Gasteiger charge is 2.20. The third kappa shape index (κ3) is 2.43. The number of anilines is 2. The molecular weight excluding hydrogens is 272 g/mol. The summed E-state index contributed by atoms with van der Waals surface area (Å²) >= 11 is 0. The van der Waals surface area contributed by atoms with Gasteiger partial charge in [0.2, 0.25) is 11.8 Å². The predicted octanol–water partition coefficient (Wildman–Crippen LogP) is 2.10. The minimum atomic E-state index is -0.407. The zero-order valence-corrected chi connectivity index (χ0v) is 11.2. The van der Waals surface area contributed by atoms with Crippen molar-refractivity contribution in [3.8, 4) is 0 Å². The van der Waals surface area contributed by atoms with E-state index in [1.807, 2.05) is 0 Å². The quantitative estimate of drug-likeness (QED) is 0.653. The van der Waals surface area contributed by atoms with Crippen LogP contribution in [0.15, 0.2) is 34.9 Å². The summed E-state index contributed by atoms with van der Waals surface area (Å²) in [6.45, 7) is 1.71. The molecule has 0 unspecified atom stereocenters. The van der Waals surface area contributed by atoms with Gasteiger partial charge in [-0.3, -0.25) is 14.4 Å². The van der Waals surface area contributed by atoms with Gasteiger partial charge in [-0.15, -0.1) is 0 Å². The molecule has 0 spiro atoms. The first kappa shape index (κ1) is 13.1. The second-order valence-corrected chi connectivity index (χ2v) is 4.75. The van der Waals surface area contributed by atoms with Crippen molar-refractivity contribution in [3.05, 3.63) is 47.4 Å². The number of furan rings is 1. The molecule has 6 heteroatoms. The standard InChI is InChI=1S/C15H12N2O4/c1-8-10(4-5-21-8)15(20)9-2-3-11-12(6-9)17-14(19)7-13(18)16-11/h2-6H,7H2,1H3,(H,16,18)(H,17,19). The van der Waals surface area contributed by atoms with Crippen molar-refractivity contribution in [1.29, 1.82) is 0 Å². The van der Waals surface area contributed by atoms with E-state index >= 15 is 0 Å². The lowest BCUT2D eigenvalue weighted by Gasteiger charge is -2.08. The molecule has 6 nitrogen and oxygen atoms in total. The molecule has 106 valence electrons. The largest absolute Gasteiger partial charge is 0.469 e. The second kappa shape index (κ2) is 4.90. The van der Waals surface area contributed by atoms with Crippen LogP contribution in [0.3, 0.4) is 0 Å². The molecule has 0 fully saturated rings. The highest BCUT2D eigenvalue weighted by atomic mass is 16.3. The van der Waals surface area contributed by atoms with E-state index in [9.17, 15) is 14.4 Å². The molecule has 0 radical (unpaired) electrons. The van der Waals surface area contributed by atoms with E-state index in [2.05, 4.69) is 10.6 Å². The summed E-state index contributed by atoms with van der Waals surface area (Å²) in [5.41, 5.74) is 1.78. The van der Waals surface area contributed by atoms with E-state index in [1.165, 1.54) is 6.26 Å². The van der Waals surface area contributed by atoms with Crippen molar-refractivity contribution in [2.24, 2.45) is 0 Å². The molecule has 0 bridgehead atoms. The van der Waals surface area contributed by atoms with Gasteiger partial charge in [-0.1, -0.05) is 0 Å². The van der Waals surface area contributed by atoms with Gasteiger partial charge in [-0.05, 0) is 31.2 Å². The van der Waals surface area contributed by atoms with Crippen LogP contribution in [0.1, 0.15) is 28.1 Å². The maximum atomic E-state index is 12.4. The van der Waals surface area contributed by atoms with Crippen LogP contribution in [0.25, 0.3) is 0 Å². The van der Waals surface area contributed by atoms with Crippen molar-refractivity contribution in [2.75, 3.05) is 10.6 Å². The third-order valence-electron chi connectivity index (χ3n) is 3.25. The van der Waals surface area contributed by atoms with Crippen molar-refractivity contribution < 1.29 is 18.8 Å². The third-order valence-corrected chi connectivity index (χ3v) is 3.25. The van der Waals surface area contributed by atoms with Crippen LogP contribution in [0, 0.1) is 6.92 Å². The van der Waals surface area contributed by atoms with Gasteiger partial charge in [-0.25, -0.2) is 0 Å². The number of aryl methyl sites for hydroxylation is 1. The van der Waals surface area contributed by atoms with Gasteiger partial charge >= 0.3 is 0 Å². The van der Waals surface area contributed by atoms with Crippen LogP contribution in [0.4, 0.5) is 11.4 Å². The lowest BCUT2D eigenvalue weighted by atomic mass is 10.0. The second-order valence-electron chi connectivity index (χ2n) is 4.75. The number of nitrogens with one attached hydrogen (secondary N) is 2. The Morgan fingerprint density at radius 2 is 1.81 bits per heavy atom. The fourth-order valence-electron chi connectivity index (χ4n) is 2.21. The Balaban J connectivity index is 2.00. The lowest BCUT2D eigenvalue weighted by molar-refractivity contribution is -0.123. The highest BCUT2D eigenvalue weighted by Crippen LogP contribution is 2.27.